The summed E-state index contributed by atoms with van der Waals surface area (Å²) in [4.78, 5) is 23.4. The SMILES string of the molecule is CC(=O)OCC1=CC23CCC4C(C)(C(=O)O)CCCC4(C)C2CCC1C3. The van der Waals surface area contributed by atoms with Crippen molar-refractivity contribution in [2.75, 3.05) is 6.61 Å². The van der Waals surface area contributed by atoms with Crippen LogP contribution in [0.15, 0.2) is 11.6 Å². The molecule has 0 saturated heterocycles. The summed E-state index contributed by atoms with van der Waals surface area (Å²) in [6.07, 6.45) is 11.1. The number of carbonyl (C=O) groups excluding carboxylic acids is 1. The van der Waals surface area contributed by atoms with Crippen molar-refractivity contribution < 1.29 is 19.4 Å². The normalized spacial score (nSPS) is 46.7. The van der Waals surface area contributed by atoms with E-state index in [0.717, 1.165) is 38.5 Å². The van der Waals surface area contributed by atoms with Gasteiger partial charge < -0.3 is 9.84 Å². The molecule has 144 valence electrons. The molecular weight excluding hydrogens is 328 g/mol. The highest BCUT2D eigenvalue weighted by atomic mass is 16.5. The van der Waals surface area contributed by atoms with Gasteiger partial charge in [-0.3, -0.25) is 9.59 Å². The van der Waals surface area contributed by atoms with E-state index in [-0.39, 0.29) is 22.7 Å². The van der Waals surface area contributed by atoms with E-state index >= 15 is 0 Å². The van der Waals surface area contributed by atoms with Crippen molar-refractivity contribution in [2.45, 2.75) is 72.1 Å². The largest absolute Gasteiger partial charge is 0.481 e. The van der Waals surface area contributed by atoms with E-state index in [1.165, 1.54) is 25.3 Å². The molecule has 4 aliphatic carbocycles. The molecule has 0 radical (unpaired) electrons. The molecule has 0 aromatic heterocycles. The summed E-state index contributed by atoms with van der Waals surface area (Å²) in [5.41, 5.74) is 1.07. The van der Waals surface area contributed by atoms with Crippen molar-refractivity contribution in [1.29, 1.82) is 0 Å². The van der Waals surface area contributed by atoms with Crippen molar-refractivity contribution in [2.24, 2.45) is 34.0 Å². The molecule has 1 N–H and O–H groups in total. The number of ether oxygens (including phenoxy) is 1. The number of allylic oxidation sites excluding steroid dienone is 1. The van der Waals surface area contributed by atoms with Gasteiger partial charge in [0.25, 0.3) is 0 Å². The lowest BCUT2D eigenvalue weighted by molar-refractivity contribution is -0.177. The number of carboxylic acid groups (broad SMARTS) is 1. The average molecular weight is 360 g/mol. The Kier molecular flexibility index (Phi) is 4.06. The monoisotopic (exact) mass is 360 g/mol. The molecule has 0 amide bonds. The van der Waals surface area contributed by atoms with Gasteiger partial charge in [0.2, 0.25) is 0 Å². The molecule has 0 heterocycles. The van der Waals surface area contributed by atoms with Crippen LogP contribution in [0.2, 0.25) is 0 Å². The summed E-state index contributed by atoms with van der Waals surface area (Å²) < 4.78 is 5.32. The minimum atomic E-state index is -0.601. The maximum atomic E-state index is 12.1. The zero-order valence-electron chi connectivity index (χ0n) is 16.3. The Morgan fingerprint density at radius 1 is 1.15 bits per heavy atom. The molecule has 4 rings (SSSR count). The van der Waals surface area contributed by atoms with E-state index in [1.54, 1.807) is 0 Å². The fraction of sp³-hybridized carbons (Fsp3) is 0.818. The number of esters is 1. The maximum absolute atomic E-state index is 12.1. The van der Waals surface area contributed by atoms with Crippen molar-refractivity contribution >= 4 is 11.9 Å². The van der Waals surface area contributed by atoms with Gasteiger partial charge in [0.15, 0.2) is 0 Å². The summed E-state index contributed by atoms with van der Waals surface area (Å²) in [5, 5.41) is 9.98. The first-order valence-corrected chi connectivity index (χ1v) is 10.3. The van der Waals surface area contributed by atoms with Gasteiger partial charge in [-0.05, 0) is 86.0 Å². The smallest absolute Gasteiger partial charge is 0.309 e. The first kappa shape index (κ1) is 18.1. The van der Waals surface area contributed by atoms with Crippen molar-refractivity contribution in [3.63, 3.8) is 0 Å². The summed E-state index contributed by atoms with van der Waals surface area (Å²) in [7, 11) is 0. The molecule has 26 heavy (non-hydrogen) atoms. The molecule has 4 nitrogen and oxygen atoms in total. The molecule has 4 aliphatic rings. The first-order valence-electron chi connectivity index (χ1n) is 10.3. The third-order valence-electron chi connectivity index (χ3n) is 8.72. The summed E-state index contributed by atoms with van der Waals surface area (Å²) in [5.74, 6) is 0.593. The van der Waals surface area contributed by atoms with E-state index in [4.69, 9.17) is 4.74 Å². The van der Waals surface area contributed by atoms with Crippen molar-refractivity contribution in [3.05, 3.63) is 11.6 Å². The minimum absolute atomic E-state index is 0.113. The Bertz CT molecular complexity index is 667. The van der Waals surface area contributed by atoms with Gasteiger partial charge in [0, 0.05) is 6.92 Å². The summed E-state index contributed by atoms with van der Waals surface area (Å²) in [6, 6.07) is 0. The van der Waals surface area contributed by atoms with Gasteiger partial charge in [-0.2, -0.15) is 0 Å². The average Bonchev–Trinajstić information content (AvgIpc) is 2.82. The number of hydrogen-bond donors (Lipinski definition) is 1. The third kappa shape index (κ3) is 2.40. The standard InChI is InChI=1S/C22H32O4/c1-14(23)26-13-16-12-22-10-7-17-20(2,18(22)6-5-15(16)11-22)8-4-9-21(17,3)19(24)25/h12,15,17-18H,4-11,13H2,1-3H3,(H,24,25). The van der Waals surface area contributed by atoms with Crippen LogP contribution in [0.4, 0.5) is 0 Å². The van der Waals surface area contributed by atoms with Crippen LogP contribution in [-0.2, 0) is 14.3 Å². The van der Waals surface area contributed by atoms with Gasteiger partial charge >= 0.3 is 11.9 Å². The minimum Gasteiger partial charge on any atom is -0.481 e. The molecule has 4 heteroatoms. The first-order chi connectivity index (χ1) is 12.2. The second-order valence-corrected chi connectivity index (χ2v) is 9.94. The quantitative estimate of drug-likeness (QED) is 0.591. The zero-order valence-corrected chi connectivity index (χ0v) is 16.3. The van der Waals surface area contributed by atoms with Crippen LogP contribution in [-0.4, -0.2) is 23.7 Å². The van der Waals surface area contributed by atoms with Crippen LogP contribution in [0.1, 0.15) is 72.1 Å². The highest BCUT2D eigenvalue weighted by Gasteiger charge is 2.64. The molecule has 0 aromatic carbocycles. The third-order valence-corrected chi connectivity index (χ3v) is 8.72. The molecule has 6 atom stereocenters. The maximum Gasteiger partial charge on any atom is 0.309 e. The van der Waals surface area contributed by atoms with Crippen LogP contribution >= 0.6 is 0 Å². The van der Waals surface area contributed by atoms with Gasteiger partial charge in [-0.25, -0.2) is 0 Å². The van der Waals surface area contributed by atoms with Crippen LogP contribution in [0.5, 0.6) is 0 Å². The summed E-state index contributed by atoms with van der Waals surface area (Å²) >= 11 is 0. The molecule has 2 bridgehead atoms. The lowest BCUT2D eigenvalue weighted by atomic mass is 9.41. The Morgan fingerprint density at radius 2 is 1.92 bits per heavy atom. The predicted octanol–water partition coefficient (Wildman–Crippen LogP) is 4.58. The molecule has 3 saturated carbocycles. The Hall–Kier alpha value is -1.32. The Morgan fingerprint density at radius 3 is 2.62 bits per heavy atom. The van der Waals surface area contributed by atoms with Crippen LogP contribution < -0.4 is 0 Å². The van der Waals surface area contributed by atoms with Gasteiger partial charge in [-0.15, -0.1) is 0 Å². The molecule has 0 aromatic rings. The lowest BCUT2D eigenvalue weighted by Crippen LogP contribution is -2.58. The molecule has 3 fully saturated rings. The van der Waals surface area contributed by atoms with E-state index in [2.05, 4.69) is 13.0 Å². The molecule has 6 unspecified atom stereocenters. The molecular formula is C22H32O4. The Labute approximate surface area is 156 Å². The van der Waals surface area contributed by atoms with Crippen LogP contribution in [0.3, 0.4) is 0 Å². The number of fused-ring (bicyclic) bond motifs is 3. The number of hydrogen-bond acceptors (Lipinski definition) is 3. The van der Waals surface area contributed by atoms with E-state index < -0.39 is 11.4 Å². The van der Waals surface area contributed by atoms with Crippen molar-refractivity contribution in [3.8, 4) is 0 Å². The zero-order chi connectivity index (χ0) is 18.7. The fourth-order valence-corrected chi connectivity index (χ4v) is 7.65. The number of carboxylic acids is 1. The van der Waals surface area contributed by atoms with E-state index in [1.807, 2.05) is 6.92 Å². The van der Waals surface area contributed by atoms with Crippen molar-refractivity contribution in [1.82, 2.24) is 0 Å². The van der Waals surface area contributed by atoms with Crippen LogP contribution in [0, 0.1) is 34.0 Å². The molecule has 0 aliphatic heterocycles. The highest BCUT2D eigenvalue weighted by Crippen LogP contribution is 2.70. The highest BCUT2D eigenvalue weighted by molar-refractivity contribution is 5.75. The second kappa shape index (κ2) is 5.84. The Balaban J connectivity index is 1.66. The van der Waals surface area contributed by atoms with Gasteiger partial charge in [-0.1, -0.05) is 19.4 Å². The topological polar surface area (TPSA) is 63.6 Å². The predicted molar refractivity (Wildman–Crippen MR) is 98.4 cm³/mol. The number of carbonyl (C=O) groups is 2. The van der Waals surface area contributed by atoms with E-state index in [0.29, 0.717) is 18.4 Å². The molecule has 1 spiro atoms. The second-order valence-electron chi connectivity index (χ2n) is 9.94. The van der Waals surface area contributed by atoms with E-state index in [9.17, 15) is 14.7 Å². The lowest BCUT2D eigenvalue weighted by Gasteiger charge is -2.63. The summed E-state index contributed by atoms with van der Waals surface area (Å²) in [6.45, 7) is 6.31. The van der Waals surface area contributed by atoms with Gasteiger partial charge in [0.05, 0.1) is 5.41 Å². The fourth-order valence-electron chi connectivity index (χ4n) is 7.65. The number of aliphatic carboxylic acids is 1. The van der Waals surface area contributed by atoms with Gasteiger partial charge in [0.1, 0.15) is 6.61 Å². The van der Waals surface area contributed by atoms with Crippen LogP contribution in [0.25, 0.3) is 0 Å². The number of rotatable bonds is 3.